The maximum atomic E-state index is 12.2. The van der Waals surface area contributed by atoms with Crippen molar-refractivity contribution in [2.75, 3.05) is 0 Å². The molecule has 0 saturated heterocycles. The number of benzene rings is 2. The van der Waals surface area contributed by atoms with Gasteiger partial charge in [-0.05, 0) is 41.8 Å². The maximum absolute atomic E-state index is 12.2. The Bertz CT molecular complexity index is 898. The Balaban J connectivity index is 1.66. The Kier molecular flexibility index (Phi) is 4.33. The van der Waals surface area contributed by atoms with Crippen LogP contribution in [-0.2, 0) is 6.42 Å². The van der Waals surface area contributed by atoms with Gasteiger partial charge in [-0.25, -0.2) is 0 Å². The monoisotopic (exact) mass is 321 g/mol. The van der Waals surface area contributed by atoms with Crippen LogP contribution >= 0.6 is 0 Å². The molecule has 0 saturated carbocycles. The van der Waals surface area contributed by atoms with Crippen LogP contribution in [0.4, 0.5) is 0 Å². The topological polar surface area (TPSA) is 88.0 Å². The van der Waals surface area contributed by atoms with Gasteiger partial charge in [-0.1, -0.05) is 42.5 Å². The van der Waals surface area contributed by atoms with Gasteiger partial charge in [0.1, 0.15) is 11.4 Å². The highest BCUT2D eigenvalue weighted by atomic mass is 16.2. The largest absolute Gasteiger partial charge is 0.364 e. The molecule has 0 aliphatic carbocycles. The fourth-order valence-electron chi connectivity index (χ4n) is 2.74. The summed E-state index contributed by atoms with van der Waals surface area (Å²) in [4.78, 5) is 26.0. The number of carbonyl (C=O) groups excluding carboxylic acids is 2. The van der Waals surface area contributed by atoms with Gasteiger partial charge in [0.05, 0.1) is 0 Å². The smallest absolute Gasteiger partial charge is 0.267 e. The first-order chi connectivity index (χ1) is 11.5. The zero-order chi connectivity index (χ0) is 17.1. The number of H-pyrrole nitrogens is 1. The summed E-state index contributed by atoms with van der Waals surface area (Å²) in [5.74, 6) is -0.839. The first-order valence-electron chi connectivity index (χ1n) is 7.80. The number of carbonyl (C=O) groups is 2. The molecule has 0 spiro atoms. The molecule has 5 nitrogen and oxygen atoms in total. The van der Waals surface area contributed by atoms with Crippen LogP contribution < -0.4 is 11.1 Å². The predicted octanol–water partition coefficient (Wildman–Crippen LogP) is 2.63. The van der Waals surface area contributed by atoms with Crippen LogP contribution in [-0.4, -0.2) is 22.8 Å². The lowest BCUT2D eigenvalue weighted by molar-refractivity contribution is 0.0935. The summed E-state index contributed by atoms with van der Waals surface area (Å²) >= 11 is 0. The highest BCUT2D eigenvalue weighted by Crippen LogP contribution is 2.16. The normalized spacial score (nSPS) is 12.0. The summed E-state index contributed by atoms with van der Waals surface area (Å²) < 4.78 is 0. The van der Waals surface area contributed by atoms with Crippen LogP contribution in [0.2, 0.25) is 0 Å². The van der Waals surface area contributed by atoms with E-state index < -0.39 is 5.91 Å². The van der Waals surface area contributed by atoms with Gasteiger partial charge in [0, 0.05) is 6.04 Å². The summed E-state index contributed by atoms with van der Waals surface area (Å²) in [5.41, 5.74) is 6.88. The Hall–Kier alpha value is -3.08. The molecule has 1 aromatic heterocycles. The van der Waals surface area contributed by atoms with Gasteiger partial charge in [0.2, 0.25) is 0 Å². The van der Waals surface area contributed by atoms with Crippen LogP contribution in [0.3, 0.4) is 0 Å². The molecule has 1 heterocycles. The van der Waals surface area contributed by atoms with Crippen molar-refractivity contribution < 1.29 is 9.59 Å². The molecule has 24 heavy (non-hydrogen) atoms. The van der Waals surface area contributed by atoms with Crippen LogP contribution in [0.5, 0.6) is 0 Å². The van der Waals surface area contributed by atoms with Crippen molar-refractivity contribution in [3.05, 3.63) is 71.5 Å². The first kappa shape index (κ1) is 15.8. The van der Waals surface area contributed by atoms with E-state index in [1.165, 1.54) is 16.8 Å². The summed E-state index contributed by atoms with van der Waals surface area (Å²) in [6.45, 7) is 1.95. The fraction of sp³-hybridized carbons (Fsp3) is 0.158. The lowest BCUT2D eigenvalue weighted by Crippen LogP contribution is -2.34. The molecule has 5 heteroatoms. The summed E-state index contributed by atoms with van der Waals surface area (Å²) in [6.07, 6.45) is 0.722. The minimum Gasteiger partial charge on any atom is -0.364 e. The molecule has 0 bridgehead atoms. The zero-order valence-electron chi connectivity index (χ0n) is 13.4. The average molecular weight is 321 g/mol. The van der Waals surface area contributed by atoms with Crippen molar-refractivity contribution in [2.24, 2.45) is 5.73 Å². The molecular weight excluding hydrogens is 302 g/mol. The summed E-state index contributed by atoms with van der Waals surface area (Å²) in [5, 5.41) is 5.30. The van der Waals surface area contributed by atoms with E-state index in [9.17, 15) is 9.59 Å². The number of aromatic nitrogens is 1. The second-order valence-electron chi connectivity index (χ2n) is 5.91. The minimum absolute atomic E-state index is 0.0426. The molecule has 0 aliphatic heterocycles. The van der Waals surface area contributed by atoms with E-state index >= 15 is 0 Å². The van der Waals surface area contributed by atoms with Crippen molar-refractivity contribution >= 4 is 22.6 Å². The summed E-state index contributed by atoms with van der Waals surface area (Å²) in [7, 11) is 0. The quantitative estimate of drug-likeness (QED) is 0.674. The number of nitrogens with one attached hydrogen (secondary N) is 2. The van der Waals surface area contributed by atoms with E-state index in [1.54, 1.807) is 6.07 Å². The summed E-state index contributed by atoms with van der Waals surface area (Å²) in [6, 6.07) is 17.5. The van der Waals surface area contributed by atoms with Gasteiger partial charge < -0.3 is 16.0 Å². The first-order valence-corrected chi connectivity index (χ1v) is 7.80. The molecule has 2 aromatic carbocycles. The third-order valence-corrected chi connectivity index (χ3v) is 3.93. The van der Waals surface area contributed by atoms with E-state index in [-0.39, 0.29) is 17.6 Å². The van der Waals surface area contributed by atoms with Crippen molar-refractivity contribution in [3.8, 4) is 0 Å². The number of primary amides is 1. The van der Waals surface area contributed by atoms with Crippen LogP contribution in [0.1, 0.15) is 33.5 Å². The molecule has 122 valence electrons. The van der Waals surface area contributed by atoms with Gasteiger partial charge in [-0.15, -0.1) is 0 Å². The molecule has 1 unspecified atom stereocenters. The number of aromatic amines is 1. The van der Waals surface area contributed by atoms with Crippen molar-refractivity contribution in [3.63, 3.8) is 0 Å². The molecule has 0 aliphatic rings. The number of amides is 2. The van der Waals surface area contributed by atoms with Crippen LogP contribution in [0.25, 0.3) is 10.8 Å². The number of nitrogens with two attached hydrogens (primary N) is 1. The van der Waals surface area contributed by atoms with Crippen LogP contribution in [0.15, 0.2) is 54.6 Å². The Morgan fingerprint density at radius 2 is 1.75 bits per heavy atom. The Morgan fingerprint density at radius 1 is 1.04 bits per heavy atom. The standard InChI is InChI=1S/C19H19N3O2/c1-12(21-19(24)17-9-8-16(22-17)18(20)23)10-13-6-7-14-4-2-3-5-15(14)11-13/h2-9,11-12,22H,10H2,1H3,(H2,20,23)(H,21,24). The van der Waals surface area contributed by atoms with E-state index in [0.717, 1.165) is 12.0 Å². The fourth-order valence-corrected chi connectivity index (χ4v) is 2.74. The molecule has 3 aromatic rings. The highest BCUT2D eigenvalue weighted by Gasteiger charge is 2.13. The van der Waals surface area contributed by atoms with Gasteiger partial charge in [0.25, 0.3) is 11.8 Å². The van der Waals surface area contributed by atoms with Gasteiger partial charge in [0.15, 0.2) is 0 Å². The predicted molar refractivity (Wildman–Crippen MR) is 93.9 cm³/mol. The number of fused-ring (bicyclic) bond motifs is 1. The second kappa shape index (κ2) is 6.58. The molecular formula is C19H19N3O2. The Labute approximate surface area is 139 Å². The Morgan fingerprint density at radius 3 is 2.46 bits per heavy atom. The van der Waals surface area contributed by atoms with Crippen molar-refractivity contribution in [2.45, 2.75) is 19.4 Å². The second-order valence-corrected chi connectivity index (χ2v) is 5.91. The van der Waals surface area contributed by atoms with E-state index in [2.05, 4.69) is 40.6 Å². The lowest BCUT2D eigenvalue weighted by atomic mass is 10.0. The van der Waals surface area contributed by atoms with Gasteiger partial charge >= 0.3 is 0 Å². The molecule has 0 fully saturated rings. The average Bonchev–Trinajstić information content (AvgIpc) is 3.05. The number of hydrogen-bond acceptors (Lipinski definition) is 2. The SMILES string of the molecule is CC(Cc1ccc2ccccc2c1)NC(=O)c1ccc(C(N)=O)[nH]1. The third-order valence-electron chi connectivity index (χ3n) is 3.93. The molecule has 1 atom stereocenters. The maximum Gasteiger partial charge on any atom is 0.267 e. The molecule has 3 rings (SSSR count). The molecule has 4 N–H and O–H groups in total. The zero-order valence-corrected chi connectivity index (χ0v) is 13.4. The highest BCUT2D eigenvalue weighted by molar-refractivity contribution is 5.96. The minimum atomic E-state index is -0.585. The van der Waals surface area contributed by atoms with Gasteiger partial charge in [-0.3, -0.25) is 9.59 Å². The van der Waals surface area contributed by atoms with E-state index in [1.807, 2.05) is 19.1 Å². The van der Waals surface area contributed by atoms with Crippen molar-refractivity contribution in [1.29, 1.82) is 0 Å². The third kappa shape index (κ3) is 3.46. The molecule has 2 amide bonds. The molecule has 0 radical (unpaired) electrons. The van der Waals surface area contributed by atoms with Gasteiger partial charge in [-0.2, -0.15) is 0 Å². The number of hydrogen-bond donors (Lipinski definition) is 3. The number of rotatable bonds is 5. The van der Waals surface area contributed by atoms with Crippen molar-refractivity contribution in [1.82, 2.24) is 10.3 Å². The van der Waals surface area contributed by atoms with Crippen LogP contribution in [0, 0.1) is 0 Å². The lowest BCUT2D eigenvalue weighted by Gasteiger charge is -2.14. The van der Waals surface area contributed by atoms with E-state index in [4.69, 9.17) is 5.73 Å². The van der Waals surface area contributed by atoms with E-state index in [0.29, 0.717) is 5.69 Å².